The van der Waals surface area contributed by atoms with Crippen LogP contribution in [0.2, 0.25) is 0 Å². The third kappa shape index (κ3) is 2.52. The summed E-state index contributed by atoms with van der Waals surface area (Å²) in [6.45, 7) is 2.96. The van der Waals surface area contributed by atoms with Gasteiger partial charge in [-0.25, -0.2) is 0 Å². The molecule has 0 amide bonds. The maximum Gasteiger partial charge on any atom is 0.0940 e. The molecule has 0 aliphatic rings. The van der Waals surface area contributed by atoms with Gasteiger partial charge in [0.15, 0.2) is 0 Å². The molecule has 4 nitrogen and oxygen atoms in total. The molecule has 0 aromatic carbocycles. The fraction of sp³-hybridized carbons (Fsp3) is 0.625. The van der Waals surface area contributed by atoms with Crippen molar-refractivity contribution in [3.63, 3.8) is 0 Å². The van der Waals surface area contributed by atoms with E-state index in [-0.39, 0.29) is 0 Å². The summed E-state index contributed by atoms with van der Waals surface area (Å²) < 4.78 is 7.50. The van der Waals surface area contributed by atoms with E-state index in [2.05, 4.69) is 21.0 Å². The standard InChI is InChI=1S/C8H13BrN2O2/c1-6(12)8-7(9)5-10-11(8)3-4-13-2/h5-6,12H,3-4H2,1-2H3. The van der Waals surface area contributed by atoms with Gasteiger partial charge in [0.2, 0.25) is 0 Å². The van der Waals surface area contributed by atoms with Crippen LogP contribution in [0.1, 0.15) is 18.7 Å². The lowest BCUT2D eigenvalue weighted by Crippen LogP contribution is -2.11. The number of halogens is 1. The van der Waals surface area contributed by atoms with Gasteiger partial charge in [-0.2, -0.15) is 5.10 Å². The zero-order chi connectivity index (χ0) is 9.84. The van der Waals surface area contributed by atoms with Crippen LogP contribution < -0.4 is 0 Å². The van der Waals surface area contributed by atoms with Crippen LogP contribution >= 0.6 is 15.9 Å². The van der Waals surface area contributed by atoms with Crippen LogP contribution in [0.5, 0.6) is 0 Å². The molecule has 13 heavy (non-hydrogen) atoms. The number of aliphatic hydroxyl groups excluding tert-OH is 1. The van der Waals surface area contributed by atoms with Crippen molar-refractivity contribution in [2.45, 2.75) is 19.6 Å². The Labute approximate surface area is 85.6 Å². The molecule has 0 saturated carbocycles. The van der Waals surface area contributed by atoms with Gasteiger partial charge < -0.3 is 9.84 Å². The number of ether oxygens (including phenoxy) is 1. The number of aromatic nitrogens is 2. The molecule has 74 valence electrons. The topological polar surface area (TPSA) is 47.3 Å². The van der Waals surface area contributed by atoms with E-state index in [9.17, 15) is 5.11 Å². The average Bonchev–Trinajstić information content (AvgIpc) is 2.43. The zero-order valence-electron chi connectivity index (χ0n) is 7.70. The van der Waals surface area contributed by atoms with Gasteiger partial charge in [-0.3, -0.25) is 4.68 Å². The molecule has 1 atom stereocenters. The van der Waals surface area contributed by atoms with Gasteiger partial charge >= 0.3 is 0 Å². The summed E-state index contributed by atoms with van der Waals surface area (Å²) in [6.07, 6.45) is 1.16. The van der Waals surface area contributed by atoms with E-state index in [1.54, 1.807) is 24.9 Å². The molecule has 0 aliphatic heterocycles. The molecule has 5 heteroatoms. The second kappa shape index (κ2) is 4.74. The molecule has 1 heterocycles. The highest BCUT2D eigenvalue weighted by atomic mass is 79.9. The smallest absolute Gasteiger partial charge is 0.0940 e. The van der Waals surface area contributed by atoms with Gasteiger partial charge in [0.25, 0.3) is 0 Å². The first-order valence-corrected chi connectivity index (χ1v) is 4.84. The van der Waals surface area contributed by atoms with Crippen molar-refractivity contribution in [1.29, 1.82) is 0 Å². The summed E-state index contributed by atoms with van der Waals surface area (Å²) in [4.78, 5) is 0. The highest BCUT2D eigenvalue weighted by Crippen LogP contribution is 2.22. The van der Waals surface area contributed by atoms with Gasteiger partial charge in [0.05, 0.1) is 35.6 Å². The van der Waals surface area contributed by atoms with Gasteiger partial charge in [-0.05, 0) is 22.9 Å². The minimum absolute atomic E-state index is 0.520. The van der Waals surface area contributed by atoms with Crippen molar-refractivity contribution in [2.75, 3.05) is 13.7 Å². The van der Waals surface area contributed by atoms with Crippen LogP contribution in [-0.2, 0) is 11.3 Å². The summed E-state index contributed by atoms with van der Waals surface area (Å²) in [7, 11) is 1.64. The van der Waals surface area contributed by atoms with E-state index >= 15 is 0 Å². The van der Waals surface area contributed by atoms with Crippen molar-refractivity contribution in [1.82, 2.24) is 9.78 Å². The maximum absolute atomic E-state index is 9.44. The molecule has 1 aromatic heterocycles. The maximum atomic E-state index is 9.44. The Kier molecular flexibility index (Phi) is 3.90. The van der Waals surface area contributed by atoms with Crippen molar-refractivity contribution in [3.8, 4) is 0 Å². The SMILES string of the molecule is COCCn1ncc(Br)c1C(C)O. The van der Waals surface area contributed by atoms with Crippen LogP contribution in [0.15, 0.2) is 10.7 Å². The molecule has 0 radical (unpaired) electrons. The first-order valence-electron chi connectivity index (χ1n) is 4.05. The van der Waals surface area contributed by atoms with E-state index in [0.717, 1.165) is 10.2 Å². The Hall–Kier alpha value is -0.390. The monoisotopic (exact) mass is 248 g/mol. The van der Waals surface area contributed by atoms with Crippen molar-refractivity contribution >= 4 is 15.9 Å². The third-order valence-corrected chi connectivity index (χ3v) is 2.35. The van der Waals surface area contributed by atoms with Crippen LogP contribution in [0.3, 0.4) is 0 Å². The van der Waals surface area contributed by atoms with Gasteiger partial charge in [0.1, 0.15) is 0 Å². The minimum atomic E-state index is -0.520. The molecule has 1 N–H and O–H groups in total. The van der Waals surface area contributed by atoms with Crippen LogP contribution in [0.4, 0.5) is 0 Å². The largest absolute Gasteiger partial charge is 0.387 e. The summed E-state index contributed by atoms with van der Waals surface area (Å²) in [5.41, 5.74) is 0.789. The summed E-state index contributed by atoms with van der Waals surface area (Å²) in [5, 5.41) is 13.5. The lowest BCUT2D eigenvalue weighted by molar-refractivity contribution is 0.164. The fourth-order valence-corrected chi connectivity index (χ4v) is 1.77. The normalized spacial score (nSPS) is 13.2. The molecule has 0 aliphatic carbocycles. The highest BCUT2D eigenvalue weighted by Gasteiger charge is 2.12. The van der Waals surface area contributed by atoms with E-state index in [1.165, 1.54) is 0 Å². The number of rotatable bonds is 4. The number of nitrogens with zero attached hydrogens (tertiary/aromatic N) is 2. The Balaban J connectivity index is 2.81. The zero-order valence-corrected chi connectivity index (χ0v) is 9.28. The van der Waals surface area contributed by atoms with E-state index in [0.29, 0.717) is 13.2 Å². The lowest BCUT2D eigenvalue weighted by atomic mass is 10.3. The van der Waals surface area contributed by atoms with Crippen LogP contribution in [0.25, 0.3) is 0 Å². The summed E-state index contributed by atoms with van der Waals surface area (Å²) in [5.74, 6) is 0. The molecule has 1 rings (SSSR count). The quantitative estimate of drug-likeness (QED) is 0.876. The molecule has 0 saturated heterocycles. The van der Waals surface area contributed by atoms with E-state index in [1.807, 2.05) is 0 Å². The predicted octanol–water partition coefficient (Wildman–Crippen LogP) is 1.35. The number of hydrogen-bond donors (Lipinski definition) is 1. The number of aliphatic hydroxyl groups is 1. The van der Waals surface area contributed by atoms with Crippen LogP contribution in [0, 0.1) is 0 Å². The van der Waals surface area contributed by atoms with Crippen molar-refractivity contribution < 1.29 is 9.84 Å². The first kappa shape index (κ1) is 10.7. The Morgan fingerprint density at radius 3 is 3.00 bits per heavy atom. The minimum Gasteiger partial charge on any atom is -0.387 e. The molecule has 0 bridgehead atoms. The van der Waals surface area contributed by atoms with Gasteiger partial charge in [-0.15, -0.1) is 0 Å². The molecular formula is C8H13BrN2O2. The average molecular weight is 249 g/mol. The number of hydrogen-bond acceptors (Lipinski definition) is 3. The van der Waals surface area contributed by atoms with Gasteiger partial charge in [-0.1, -0.05) is 0 Å². The Morgan fingerprint density at radius 1 is 1.77 bits per heavy atom. The van der Waals surface area contributed by atoms with Crippen molar-refractivity contribution in [2.24, 2.45) is 0 Å². The predicted molar refractivity (Wildman–Crippen MR) is 52.4 cm³/mol. The third-order valence-electron chi connectivity index (χ3n) is 1.74. The molecule has 0 fully saturated rings. The molecule has 1 unspecified atom stereocenters. The van der Waals surface area contributed by atoms with Crippen LogP contribution in [-0.4, -0.2) is 28.6 Å². The summed E-state index contributed by atoms with van der Waals surface area (Å²) >= 11 is 3.33. The molecular weight excluding hydrogens is 236 g/mol. The Morgan fingerprint density at radius 2 is 2.46 bits per heavy atom. The second-order valence-electron chi connectivity index (χ2n) is 2.77. The fourth-order valence-electron chi connectivity index (χ4n) is 1.14. The molecule has 1 aromatic rings. The van der Waals surface area contributed by atoms with Gasteiger partial charge in [0, 0.05) is 7.11 Å². The van der Waals surface area contributed by atoms with E-state index < -0.39 is 6.10 Å². The van der Waals surface area contributed by atoms with E-state index in [4.69, 9.17) is 4.74 Å². The van der Waals surface area contributed by atoms with Crippen molar-refractivity contribution in [3.05, 3.63) is 16.4 Å². The summed E-state index contributed by atoms with van der Waals surface area (Å²) in [6, 6.07) is 0. The highest BCUT2D eigenvalue weighted by molar-refractivity contribution is 9.10. The lowest BCUT2D eigenvalue weighted by Gasteiger charge is -2.09. The first-order chi connectivity index (χ1) is 6.16. The number of methoxy groups -OCH3 is 1. The second-order valence-corrected chi connectivity index (χ2v) is 3.62. The Bertz CT molecular complexity index is 273. The molecule has 0 spiro atoms.